The minimum Gasteiger partial charge on any atom is -0.327 e. The van der Waals surface area contributed by atoms with Crippen molar-refractivity contribution in [2.24, 2.45) is 11.1 Å². The van der Waals surface area contributed by atoms with Crippen LogP contribution in [0.2, 0.25) is 0 Å². The molecule has 0 aliphatic carbocycles. The van der Waals surface area contributed by atoms with E-state index in [2.05, 4.69) is 4.98 Å². The van der Waals surface area contributed by atoms with Crippen molar-refractivity contribution >= 4 is 0 Å². The van der Waals surface area contributed by atoms with E-state index in [1.54, 1.807) is 0 Å². The fourth-order valence-corrected chi connectivity index (χ4v) is 1.30. The van der Waals surface area contributed by atoms with Crippen LogP contribution in [-0.2, 0) is 12.6 Å². The van der Waals surface area contributed by atoms with E-state index in [0.717, 1.165) is 12.1 Å². The van der Waals surface area contributed by atoms with Crippen molar-refractivity contribution < 1.29 is 13.2 Å². The normalized spacial score (nSPS) is 14.8. The van der Waals surface area contributed by atoms with Gasteiger partial charge < -0.3 is 5.73 Å². The highest BCUT2D eigenvalue weighted by molar-refractivity contribution is 5.20. The summed E-state index contributed by atoms with van der Waals surface area (Å²) in [7, 11) is 0. The van der Waals surface area contributed by atoms with Gasteiger partial charge in [0.2, 0.25) is 0 Å². The molecule has 1 atom stereocenters. The summed E-state index contributed by atoms with van der Waals surface area (Å²) in [5, 5.41) is 0. The first-order chi connectivity index (χ1) is 7.60. The summed E-state index contributed by atoms with van der Waals surface area (Å²) in [6.45, 7) is 5.85. The quantitative estimate of drug-likeness (QED) is 0.871. The summed E-state index contributed by atoms with van der Waals surface area (Å²) >= 11 is 0. The Balaban J connectivity index is 2.87. The van der Waals surface area contributed by atoms with Crippen molar-refractivity contribution in [1.29, 1.82) is 0 Å². The average Bonchev–Trinajstić information content (AvgIpc) is 2.15. The van der Waals surface area contributed by atoms with Crippen LogP contribution in [0, 0.1) is 5.41 Å². The van der Waals surface area contributed by atoms with Crippen LogP contribution in [0.25, 0.3) is 0 Å². The maximum absolute atomic E-state index is 12.5. The molecule has 0 spiro atoms. The van der Waals surface area contributed by atoms with Gasteiger partial charge in [-0.3, -0.25) is 4.98 Å². The molecule has 5 heteroatoms. The van der Waals surface area contributed by atoms with Gasteiger partial charge in [-0.05, 0) is 17.5 Å². The molecule has 0 fully saturated rings. The molecule has 17 heavy (non-hydrogen) atoms. The smallest absolute Gasteiger partial charge is 0.327 e. The van der Waals surface area contributed by atoms with E-state index in [4.69, 9.17) is 5.73 Å². The molecule has 0 amide bonds. The van der Waals surface area contributed by atoms with E-state index in [9.17, 15) is 13.2 Å². The Labute approximate surface area is 99.0 Å². The van der Waals surface area contributed by atoms with Gasteiger partial charge in [0.15, 0.2) is 0 Å². The third-order valence-corrected chi connectivity index (χ3v) is 2.69. The highest BCUT2D eigenvalue weighted by Gasteiger charge is 2.31. The second-order valence-electron chi connectivity index (χ2n) is 5.21. The SMILES string of the molecule is CC(C)(C)C(N)Cc1cc(C(F)(F)F)ccn1. The van der Waals surface area contributed by atoms with E-state index in [1.165, 1.54) is 6.20 Å². The van der Waals surface area contributed by atoms with Gasteiger partial charge in [-0.2, -0.15) is 13.2 Å². The topological polar surface area (TPSA) is 38.9 Å². The Bertz CT molecular complexity index is 380. The Kier molecular flexibility index (Phi) is 3.81. The number of nitrogens with zero attached hydrogens (tertiary/aromatic N) is 1. The molecule has 1 aromatic heterocycles. The van der Waals surface area contributed by atoms with Crippen LogP contribution < -0.4 is 5.73 Å². The molecule has 96 valence electrons. The zero-order valence-corrected chi connectivity index (χ0v) is 10.2. The fraction of sp³-hybridized carbons (Fsp3) is 0.583. The van der Waals surface area contributed by atoms with Crippen molar-refractivity contribution in [1.82, 2.24) is 4.98 Å². The molecule has 2 nitrogen and oxygen atoms in total. The minimum absolute atomic E-state index is 0.157. The molecule has 0 radical (unpaired) electrons. The Morgan fingerprint density at radius 2 is 1.88 bits per heavy atom. The lowest BCUT2D eigenvalue weighted by atomic mass is 9.84. The highest BCUT2D eigenvalue weighted by Crippen LogP contribution is 2.29. The number of aromatic nitrogens is 1. The highest BCUT2D eigenvalue weighted by atomic mass is 19.4. The molecular weight excluding hydrogens is 229 g/mol. The van der Waals surface area contributed by atoms with E-state index >= 15 is 0 Å². The zero-order chi connectivity index (χ0) is 13.3. The van der Waals surface area contributed by atoms with Gasteiger partial charge >= 0.3 is 6.18 Å². The lowest BCUT2D eigenvalue weighted by Crippen LogP contribution is -2.37. The lowest BCUT2D eigenvalue weighted by molar-refractivity contribution is -0.137. The van der Waals surface area contributed by atoms with Crippen molar-refractivity contribution in [3.63, 3.8) is 0 Å². The monoisotopic (exact) mass is 246 g/mol. The first-order valence-electron chi connectivity index (χ1n) is 5.38. The van der Waals surface area contributed by atoms with Gasteiger partial charge in [-0.15, -0.1) is 0 Å². The zero-order valence-electron chi connectivity index (χ0n) is 10.2. The number of nitrogens with two attached hydrogens (primary N) is 1. The van der Waals surface area contributed by atoms with Gasteiger partial charge in [-0.1, -0.05) is 20.8 Å². The molecule has 1 heterocycles. The molecule has 0 saturated heterocycles. The van der Waals surface area contributed by atoms with Crippen LogP contribution in [-0.4, -0.2) is 11.0 Å². The maximum Gasteiger partial charge on any atom is 0.416 e. The van der Waals surface area contributed by atoms with Gasteiger partial charge in [0.1, 0.15) is 0 Å². The van der Waals surface area contributed by atoms with Gasteiger partial charge in [0, 0.05) is 24.4 Å². The largest absolute Gasteiger partial charge is 0.416 e. The van der Waals surface area contributed by atoms with Crippen LogP contribution in [0.3, 0.4) is 0 Å². The summed E-state index contributed by atoms with van der Waals surface area (Å²) in [5.74, 6) is 0. The number of hydrogen-bond acceptors (Lipinski definition) is 2. The number of pyridine rings is 1. The van der Waals surface area contributed by atoms with Crippen LogP contribution >= 0.6 is 0 Å². The molecule has 1 rings (SSSR count). The Morgan fingerprint density at radius 3 is 2.35 bits per heavy atom. The summed E-state index contributed by atoms with van der Waals surface area (Å²) in [5.41, 5.74) is 5.46. The lowest BCUT2D eigenvalue weighted by Gasteiger charge is -2.26. The number of rotatable bonds is 2. The molecular formula is C12H17F3N2. The number of hydrogen-bond donors (Lipinski definition) is 1. The predicted octanol–water partition coefficient (Wildman–Crippen LogP) is 3.02. The molecule has 0 aromatic carbocycles. The summed E-state index contributed by atoms with van der Waals surface area (Å²) in [6, 6.07) is 1.80. The summed E-state index contributed by atoms with van der Waals surface area (Å²) in [4.78, 5) is 3.93. The van der Waals surface area contributed by atoms with Crippen LogP contribution in [0.1, 0.15) is 32.0 Å². The van der Waals surface area contributed by atoms with Gasteiger partial charge in [0.25, 0.3) is 0 Å². The number of alkyl halides is 3. The van der Waals surface area contributed by atoms with Crippen LogP contribution in [0.4, 0.5) is 13.2 Å². The van der Waals surface area contributed by atoms with E-state index < -0.39 is 11.7 Å². The van der Waals surface area contributed by atoms with Crippen LogP contribution in [0.15, 0.2) is 18.3 Å². The molecule has 1 aromatic rings. The first kappa shape index (κ1) is 14.0. The second kappa shape index (κ2) is 4.64. The average molecular weight is 246 g/mol. The van der Waals surface area contributed by atoms with E-state index in [-0.39, 0.29) is 11.5 Å². The van der Waals surface area contributed by atoms with Crippen LogP contribution in [0.5, 0.6) is 0 Å². The van der Waals surface area contributed by atoms with Gasteiger partial charge in [-0.25, -0.2) is 0 Å². The molecule has 0 saturated carbocycles. The molecule has 0 aliphatic heterocycles. The Hall–Kier alpha value is -1.10. The van der Waals surface area contributed by atoms with Crippen molar-refractivity contribution in [3.05, 3.63) is 29.6 Å². The summed E-state index contributed by atoms with van der Waals surface area (Å²) in [6.07, 6.45) is -2.82. The minimum atomic E-state index is -4.33. The fourth-order valence-electron chi connectivity index (χ4n) is 1.30. The van der Waals surface area contributed by atoms with E-state index in [0.29, 0.717) is 12.1 Å². The van der Waals surface area contributed by atoms with Gasteiger partial charge in [0.05, 0.1) is 5.56 Å². The number of halogens is 3. The standard InChI is InChI=1S/C12H17F3N2/c1-11(2,3)10(16)7-9-6-8(4-5-17-9)12(13,14)15/h4-6,10H,7,16H2,1-3H3. The predicted molar refractivity (Wildman–Crippen MR) is 60.4 cm³/mol. The van der Waals surface area contributed by atoms with Crippen molar-refractivity contribution in [2.75, 3.05) is 0 Å². The molecule has 0 bridgehead atoms. The first-order valence-corrected chi connectivity index (χ1v) is 5.38. The third kappa shape index (κ3) is 4.00. The maximum atomic E-state index is 12.5. The second-order valence-corrected chi connectivity index (χ2v) is 5.21. The molecule has 2 N–H and O–H groups in total. The van der Waals surface area contributed by atoms with Crippen molar-refractivity contribution in [3.8, 4) is 0 Å². The Morgan fingerprint density at radius 1 is 1.29 bits per heavy atom. The van der Waals surface area contributed by atoms with Crippen molar-refractivity contribution in [2.45, 2.75) is 39.4 Å². The third-order valence-electron chi connectivity index (χ3n) is 2.69. The molecule has 1 unspecified atom stereocenters. The molecule has 0 aliphatic rings. The van der Waals surface area contributed by atoms with E-state index in [1.807, 2.05) is 20.8 Å². The summed E-state index contributed by atoms with van der Waals surface area (Å²) < 4.78 is 37.4.